The summed E-state index contributed by atoms with van der Waals surface area (Å²) in [7, 11) is 0. The van der Waals surface area contributed by atoms with E-state index in [1.165, 1.54) is 11.5 Å². The fourth-order valence-corrected chi connectivity index (χ4v) is 4.34. The summed E-state index contributed by atoms with van der Waals surface area (Å²) < 4.78 is 6.54. The molecule has 0 spiro atoms. The van der Waals surface area contributed by atoms with Gasteiger partial charge in [-0.3, -0.25) is 14.2 Å². The lowest BCUT2D eigenvalue weighted by Gasteiger charge is -2.37. The molecule has 2 heterocycles. The molecule has 0 bridgehead atoms. The van der Waals surface area contributed by atoms with Gasteiger partial charge in [0.15, 0.2) is 17.9 Å². The van der Waals surface area contributed by atoms with Gasteiger partial charge < -0.3 is 29.9 Å². The van der Waals surface area contributed by atoms with Gasteiger partial charge in [0.05, 0.1) is 12.2 Å². The topological polar surface area (TPSA) is 115 Å². The van der Waals surface area contributed by atoms with Crippen LogP contribution in [0, 0.1) is 0 Å². The number of amides is 1. The van der Waals surface area contributed by atoms with Crippen LogP contribution in [0.15, 0.2) is 36.4 Å². The van der Waals surface area contributed by atoms with Crippen LogP contribution in [0.2, 0.25) is 0 Å². The molecule has 0 radical (unpaired) electrons. The second kappa shape index (κ2) is 8.86. The lowest BCUT2D eigenvalue weighted by atomic mass is 10.0. The molecule has 9 heteroatoms. The summed E-state index contributed by atoms with van der Waals surface area (Å²) in [5.74, 6) is -1.05. The number of benzene rings is 1. The van der Waals surface area contributed by atoms with Crippen LogP contribution in [-0.2, 0) is 33.7 Å². The standard InChI is InChI=1S/C23H27N3O6/c1-15(27)32-20(14-26-21(29)16-6-2-3-7-17(16)22(26)30)23(31)25-12-10-24(11-13-25)18-8-4-5-9-19(18)28/h2-5,8-9,20,28-30H,6-7,10-14H2,1H3. The van der Waals surface area contributed by atoms with E-state index in [0.29, 0.717) is 55.8 Å². The molecular weight excluding hydrogens is 414 g/mol. The number of piperazine rings is 1. The number of rotatable bonds is 5. The van der Waals surface area contributed by atoms with Crippen molar-refractivity contribution < 1.29 is 29.6 Å². The fourth-order valence-electron chi connectivity index (χ4n) is 4.34. The Labute approximate surface area is 185 Å². The second-order valence-corrected chi connectivity index (χ2v) is 7.99. The van der Waals surface area contributed by atoms with Crippen LogP contribution in [0.25, 0.3) is 0 Å². The number of allylic oxidation sites excluding steroid dienone is 2. The van der Waals surface area contributed by atoms with E-state index in [0.717, 1.165) is 0 Å². The van der Waals surface area contributed by atoms with Gasteiger partial charge in [-0.2, -0.15) is 0 Å². The highest BCUT2D eigenvalue weighted by Crippen LogP contribution is 2.37. The van der Waals surface area contributed by atoms with E-state index in [9.17, 15) is 24.9 Å². The van der Waals surface area contributed by atoms with E-state index in [1.807, 2.05) is 29.2 Å². The maximum atomic E-state index is 13.2. The molecule has 1 fully saturated rings. The lowest BCUT2D eigenvalue weighted by Crippen LogP contribution is -2.52. The van der Waals surface area contributed by atoms with Gasteiger partial charge in [-0.1, -0.05) is 24.3 Å². The average molecular weight is 441 g/mol. The predicted octanol–water partition coefficient (Wildman–Crippen LogP) is 1.54. The normalized spacial score (nSPS) is 16.5. The van der Waals surface area contributed by atoms with Gasteiger partial charge in [-0.05, 0) is 25.0 Å². The lowest BCUT2D eigenvalue weighted by molar-refractivity contribution is -0.159. The number of anilines is 1. The van der Waals surface area contributed by atoms with E-state index in [-0.39, 0.29) is 30.0 Å². The van der Waals surface area contributed by atoms with Crippen molar-refractivity contribution in [2.24, 2.45) is 0 Å². The van der Waals surface area contributed by atoms with E-state index in [2.05, 4.69) is 0 Å². The zero-order valence-electron chi connectivity index (χ0n) is 17.9. The Bertz CT molecular complexity index is 1020. The number of fused-ring (bicyclic) bond motifs is 1. The maximum Gasteiger partial charge on any atom is 0.303 e. The fraction of sp³-hybridized carbons (Fsp3) is 0.391. The van der Waals surface area contributed by atoms with Gasteiger partial charge in [0.2, 0.25) is 0 Å². The Balaban J connectivity index is 1.48. The molecular formula is C23H27N3O6. The minimum absolute atomic E-state index is 0.115. The number of phenols is 1. The molecule has 9 nitrogen and oxygen atoms in total. The first-order chi connectivity index (χ1) is 15.4. The number of carbonyl (C=O) groups is 2. The summed E-state index contributed by atoms with van der Waals surface area (Å²) in [6, 6.07) is 7.04. The number of aromatic hydroxyl groups is 3. The molecule has 1 unspecified atom stereocenters. The number of carbonyl (C=O) groups excluding carboxylic acids is 2. The number of hydrogen-bond donors (Lipinski definition) is 3. The maximum absolute atomic E-state index is 13.2. The van der Waals surface area contributed by atoms with Gasteiger partial charge in [-0.15, -0.1) is 0 Å². The van der Waals surface area contributed by atoms with Gasteiger partial charge in [-0.25, -0.2) is 0 Å². The number of ether oxygens (including phenoxy) is 1. The third-order valence-corrected chi connectivity index (χ3v) is 5.97. The third kappa shape index (κ3) is 4.10. The number of hydrogen-bond acceptors (Lipinski definition) is 7. The Morgan fingerprint density at radius 2 is 1.56 bits per heavy atom. The quantitative estimate of drug-likeness (QED) is 0.476. The molecule has 1 aromatic heterocycles. The Kier molecular flexibility index (Phi) is 5.98. The molecule has 1 aliphatic carbocycles. The Hall–Kier alpha value is -3.62. The van der Waals surface area contributed by atoms with Crippen molar-refractivity contribution in [3.8, 4) is 17.5 Å². The van der Waals surface area contributed by atoms with Crippen LogP contribution in [0.5, 0.6) is 17.5 Å². The molecule has 32 heavy (non-hydrogen) atoms. The van der Waals surface area contributed by atoms with Crippen LogP contribution in [-0.4, -0.2) is 68.9 Å². The highest BCUT2D eigenvalue weighted by Gasteiger charge is 2.33. The molecule has 0 saturated carbocycles. The van der Waals surface area contributed by atoms with Crippen LogP contribution in [0.1, 0.15) is 18.1 Å². The second-order valence-electron chi connectivity index (χ2n) is 7.99. The van der Waals surface area contributed by atoms with E-state index < -0.39 is 12.1 Å². The van der Waals surface area contributed by atoms with Crippen molar-refractivity contribution in [2.75, 3.05) is 31.1 Å². The average Bonchev–Trinajstić information content (AvgIpc) is 3.03. The number of para-hydroxylation sites is 2. The van der Waals surface area contributed by atoms with E-state index >= 15 is 0 Å². The monoisotopic (exact) mass is 441 g/mol. The smallest absolute Gasteiger partial charge is 0.303 e. The van der Waals surface area contributed by atoms with Crippen molar-refractivity contribution in [1.29, 1.82) is 0 Å². The van der Waals surface area contributed by atoms with Gasteiger partial charge in [0.25, 0.3) is 5.91 Å². The molecule has 1 aromatic carbocycles. The van der Waals surface area contributed by atoms with Crippen molar-refractivity contribution in [1.82, 2.24) is 9.47 Å². The van der Waals surface area contributed by atoms with Crippen LogP contribution >= 0.6 is 0 Å². The first-order valence-corrected chi connectivity index (χ1v) is 10.6. The zero-order valence-corrected chi connectivity index (χ0v) is 17.9. The van der Waals surface area contributed by atoms with Crippen LogP contribution < -0.4 is 4.90 Å². The van der Waals surface area contributed by atoms with Gasteiger partial charge in [0.1, 0.15) is 5.75 Å². The van der Waals surface area contributed by atoms with Crippen molar-refractivity contribution in [2.45, 2.75) is 32.4 Å². The summed E-state index contributed by atoms with van der Waals surface area (Å²) in [5, 5.41) is 31.3. The highest BCUT2D eigenvalue weighted by molar-refractivity contribution is 5.83. The predicted molar refractivity (Wildman–Crippen MR) is 117 cm³/mol. The van der Waals surface area contributed by atoms with Crippen molar-refractivity contribution in [3.05, 3.63) is 47.5 Å². The van der Waals surface area contributed by atoms with Gasteiger partial charge in [0, 0.05) is 44.2 Å². The molecule has 170 valence electrons. The Morgan fingerprint density at radius 1 is 0.969 bits per heavy atom. The third-order valence-electron chi connectivity index (χ3n) is 5.97. The van der Waals surface area contributed by atoms with Gasteiger partial charge >= 0.3 is 5.97 Å². The number of phenolic OH excluding ortho intramolecular Hbond substituents is 1. The molecule has 1 atom stereocenters. The van der Waals surface area contributed by atoms with Crippen molar-refractivity contribution in [3.63, 3.8) is 0 Å². The highest BCUT2D eigenvalue weighted by atomic mass is 16.5. The SMILES string of the molecule is CC(=O)OC(Cn1c(O)c2c(c1O)CC=CC2)C(=O)N1CCN(c2ccccc2O)CC1. The number of esters is 1. The summed E-state index contributed by atoms with van der Waals surface area (Å²) >= 11 is 0. The Morgan fingerprint density at radius 3 is 2.12 bits per heavy atom. The van der Waals surface area contributed by atoms with Crippen LogP contribution in [0.3, 0.4) is 0 Å². The summed E-state index contributed by atoms with van der Waals surface area (Å²) in [6.45, 7) is 2.83. The minimum atomic E-state index is -1.18. The van der Waals surface area contributed by atoms with E-state index in [1.54, 1.807) is 17.0 Å². The molecule has 1 aliphatic heterocycles. The number of aromatic nitrogens is 1. The van der Waals surface area contributed by atoms with E-state index in [4.69, 9.17) is 4.74 Å². The zero-order chi connectivity index (χ0) is 22.8. The summed E-state index contributed by atoms with van der Waals surface area (Å²) in [5.41, 5.74) is 1.95. The molecule has 2 aromatic rings. The molecule has 3 N–H and O–H groups in total. The minimum Gasteiger partial charge on any atom is -0.506 e. The molecule has 1 saturated heterocycles. The summed E-state index contributed by atoms with van der Waals surface area (Å²) in [4.78, 5) is 28.5. The van der Waals surface area contributed by atoms with Crippen LogP contribution in [0.4, 0.5) is 5.69 Å². The molecule has 2 aliphatic rings. The molecule has 1 amide bonds. The van der Waals surface area contributed by atoms with Crippen molar-refractivity contribution >= 4 is 17.6 Å². The number of nitrogens with zero attached hydrogens (tertiary/aromatic N) is 3. The first kappa shape index (κ1) is 21.6. The largest absolute Gasteiger partial charge is 0.506 e. The first-order valence-electron chi connectivity index (χ1n) is 10.6. The molecule has 4 rings (SSSR count). The summed E-state index contributed by atoms with van der Waals surface area (Å²) in [6.07, 6.45) is 3.61.